The van der Waals surface area contributed by atoms with Gasteiger partial charge in [0, 0.05) is 25.8 Å². The van der Waals surface area contributed by atoms with Crippen molar-refractivity contribution < 1.29 is 13.2 Å². The van der Waals surface area contributed by atoms with E-state index in [-0.39, 0.29) is 10.8 Å². The molecule has 1 aliphatic rings. The zero-order valence-electron chi connectivity index (χ0n) is 15.1. The highest BCUT2D eigenvalue weighted by atomic mass is 32.2. The first-order valence-corrected chi connectivity index (χ1v) is 10.3. The number of nitriles is 1. The number of hydrogen-bond donors (Lipinski definition) is 1. The Balaban J connectivity index is 1.55. The number of methoxy groups -OCH3 is 1. The number of anilines is 1. The molecule has 0 bridgehead atoms. The SMILES string of the molecule is COc1ccc(S(=O)(=O)NCC2CCN(c3ncccc3C#N)CC2)cc1. The molecule has 2 heterocycles. The fourth-order valence-corrected chi connectivity index (χ4v) is 4.27. The number of nitrogens with zero attached hydrogens (tertiary/aromatic N) is 3. The van der Waals surface area contributed by atoms with E-state index in [1.807, 2.05) is 0 Å². The lowest BCUT2D eigenvalue weighted by Crippen LogP contribution is -2.39. The Morgan fingerprint density at radius 2 is 1.96 bits per heavy atom. The number of pyridine rings is 1. The smallest absolute Gasteiger partial charge is 0.240 e. The third kappa shape index (κ3) is 4.56. The average molecular weight is 386 g/mol. The van der Waals surface area contributed by atoms with Crippen LogP contribution in [0.5, 0.6) is 5.75 Å². The van der Waals surface area contributed by atoms with Gasteiger partial charge in [-0.1, -0.05) is 0 Å². The quantitative estimate of drug-likeness (QED) is 0.817. The van der Waals surface area contributed by atoms with E-state index < -0.39 is 10.0 Å². The van der Waals surface area contributed by atoms with Crippen molar-refractivity contribution in [3.05, 3.63) is 48.2 Å². The molecule has 1 saturated heterocycles. The third-order valence-corrected chi connectivity index (χ3v) is 6.19. The van der Waals surface area contributed by atoms with Crippen LogP contribution in [0.25, 0.3) is 0 Å². The topological polar surface area (TPSA) is 95.3 Å². The summed E-state index contributed by atoms with van der Waals surface area (Å²) < 4.78 is 32.6. The predicted octanol–water partition coefficient (Wildman–Crippen LogP) is 2.16. The molecule has 0 unspecified atom stereocenters. The van der Waals surface area contributed by atoms with Gasteiger partial charge >= 0.3 is 0 Å². The maximum atomic E-state index is 12.4. The van der Waals surface area contributed by atoms with E-state index >= 15 is 0 Å². The van der Waals surface area contributed by atoms with Crippen LogP contribution in [0.2, 0.25) is 0 Å². The van der Waals surface area contributed by atoms with Crippen LogP contribution in [0.3, 0.4) is 0 Å². The van der Waals surface area contributed by atoms with Gasteiger partial charge in [-0.15, -0.1) is 0 Å². The molecule has 142 valence electrons. The van der Waals surface area contributed by atoms with Crippen molar-refractivity contribution in [1.29, 1.82) is 5.26 Å². The summed E-state index contributed by atoms with van der Waals surface area (Å²) in [5.41, 5.74) is 0.566. The number of benzene rings is 1. The summed E-state index contributed by atoms with van der Waals surface area (Å²) in [7, 11) is -2.00. The molecule has 1 aliphatic heterocycles. The number of hydrogen-bond acceptors (Lipinski definition) is 6. The summed E-state index contributed by atoms with van der Waals surface area (Å²) in [6.07, 6.45) is 3.37. The van der Waals surface area contributed by atoms with Crippen molar-refractivity contribution in [2.45, 2.75) is 17.7 Å². The Morgan fingerprint density at radius 3 is 2.59 bits per heavy atom. The molecule has 0 radical (unpaired) electrons. The monoisotopic (exact) mass is 386 g/mol. The second-order valence-corrected chi connectivity index (χ2v) is 8.21. The average Bonchev–Trinajstić information content (AvgIpc) is 2.72. The van der Waals surface area contributed by atoms with E-state index in [9.17, 15) is 13.7 Å². The highest BCUT2D eigenvalue weighted by Crippen LogP contribution is 2.24. The van der Waals surface area contributed by atoms with Crippen LogP contribution in [0.1, 0.15) is 18.4 Å². The van der Waals surface area contributed by atoms with E-state index in [1.54, 1.807) is 37.6 Å². The van der Waals surface area contributed by atoms with Gasteiger partial charge in [-0.2, -0.15) is 5.26 Å². The van der Waals surface area contributed by atoms with E-state index in [1.165, 1.54) is 12.1 Å². The Hall–Kier alpha value is -2.63. The van der Waals surface area contributed by atoms with Gasteiger partial charge in [0.05, 0.1) is 17.6 Å². The molecule has 1 N–H and O–H groups in total. The van der Waals surface area contributed by atoms with Crippen LogP contribution in [0.15, 0.2) is 47.5 Å². The summed E-state index contributed by atoms with van der Waals surface area (Å²) in [4.78, 5) is 6.64. The number of ether oxygens (including phenoxy) is 1. The minimum atomic E-state index is -3.54. The van der Waals surface area contributed by atoms with E-state index in [0.717, 1.165) is 25.9 Å². The second kappa shape index (κ2) is 8.37. The third-order valence-electron chi connectivity index (χ3n) is 4.75. The minimum absolute atomic E-state index is 0.230. The van der Waals surface area contributed by atoms with Gasteiger partial charge in [0.2, 0.25) is 10.0 Å². The normalized spacial score (nSPS) is 15.3. The summed E-state index contributed by atoms with van der Waals surface area (Å²) in [6.45, 7) is 1.90. The molecule has 1 fully saturated rings. The molecule has 0 atom stereocenters. The molecular formula is C19H22N4O3S. The standard InChI is InChI=1S/C19H22N4O3S/c1-26-17-4-6-18(7-5-17)27(24,25)22-14-15-8-11-23(12-9-15)19-16(13-20)3-2-10-21-19/h2-7,10,15,22H,8-9,11-12,14H2,1H3. The Bertz CT molecular complexity index is 915. The fourth-order valence-electron chi connectivity index (χ4n) is 3.15. The van der Waals surface area contributed by atoms with E-state index in [0.29, 0.717) is 23.7 Å². The Morgan fingerprint density at radius 1 is 1.26 bits per heavy atom. The number of sulfonamides is 1. The highest BCUT2D eigenvalue weighted by molar-refractivity contribution is 7.89. The van der Waals surface area contributed by atoms with Crippen LogP contribution in [-0.2, 0) is 10.0 Å². The fraction of sp³-hybridized carbons (Fsp3) is 0.368. The number of nitrogens with one attached hydrogen (secondary N) is 1. The molecule has 0 saturated carbocycles. The van der Waals surface area contributed by atoms with Gasteiger partial charge in [-0.05, 0) is 55.2 Å². The summed E-state index contributed by atoms with van der Waals surface area (Å²) >= 11 is 0. The number of rotatable bonds is 6. The first kappa shape index (κ1) is 19.1. The predicted molar refractivity (Wildman–Crippen MR) is 102 cm³/mol. The largest absolute Gasteiger partial charge is 0.497 e. The Labute approximate surface area is 159 Å². The van der Waals surface area contributed by atoms with Crippen molar-refractivity contribution in [3.63, 3.8) is 0 Å². The van der Waals surface area contributed by atoms with Crippen molar-refractivity contribution >= 4 is 15.8 Å². The zero-order valence-corrected chi connectivity index (χ0v) is 15.9. The van der Waals surface area contributed by atoms with Gasteiger partial charge in [0.15, 0.2) is 0 Å². The molecule has 2 aromatic rings. The van der Waals surface area contributed by atoms with Crippen molar-refractivity contribution in [2.75, 3.05) is 31.6 Å². The lowest BCUT2D eigenvalue weighted by atomic mass is 9.97. The number of aromatic nitrogens is 1. The first-order valence-electron chi connectivity index (χ1n) is 8.77. The lowest BCUT2D eigenvalue weighted by Gasteiger charge is -2.33. The van der Waals surface area contributed by atoms with Crippen LogP contribution < -0.4 is 14.4 Å². The van der Waals surface area contributed by atoms with Gasteiger partial charge in [-0.3, -0.25) is 0 Å². The summed E-state index contributed by atoms with van der Waals surface area (Å²) in [5.74, 6) is 1.58. The Kier molecular flexibility index (Phi) is 5.94. The molecule has 0 aliphatic carbocycles. The van der Waals surface area contributed by atoms with Gasteiger partial charge in [0.25, 0.3) is 0 Å². The summed E-state index contributed by atoms with van der Waals surface area (Å²) in [5, 5.41) is 9.21. The molecule has 3 rings (SSSR count). The molecule has 1 aromatic carbocycles. The van der Waals surface area contributed by atoms with Crippen molar-refractivity contribution in [2.24, 2.45) is 5.92 Å². The molecule has 0 spiro atoms. The molecule has 1 aromatic heterocycles. The van der Waals surface area contributed by atoms with Gasteiger partial charge in [0.1, 0.15) is 17.6 Å². The second-order valence-electron chi connectivity index (χ2n) is 6.44. The number of piperidine rings is 1. The molecule has 0 amide bonds. The van der Waals surface area contributed by atoms with Crippen LogP contribution in [0, 0.1) is 17.2 Å². The molecule has 27 heavy (non-hydrogen) atoms. The van der Waals surface area contributed by atoms with Crippen molar-refractivity contribution in [1.82, 2.24) is 9.71 Å². The minimum Gasteiger partial charge on any atom is -0.497 e. The molecule has 7 nitrogen and oxygen atoms in total. The molecule has 8 heteroatoms. The van der Waals surface area contributed by atoms with Crippen LogP contribution in [-0.4, -0.2) is 40.1 Å². The maximum Gasteiger partial charge on any atom is 0.240 e. The van der Waals surface area contributed by atoms with Crippen LogP contribution >= 0.6 is 0 Å². The van der Waals surface area contributed by atoms with E-state index in [4.69, 9.17) is 4.74 Å². The lowest BCUT2D eigenvalue weighted by molar-refractivity contribution is 0.400. The first-order chi connectivity index (χ1) is 13.0. The van der Waals surface area contributed by atoms with Crippen LogP contribution in [0.4, 0.5) is 5.82 Å². The van der Waals surface area contributed by atoms with Gasteiger partial charge < -0.3 is 9.64 Å². The maximum absolute atomic E-state index is 12.4. The molecular weight excluding hydrogens is 364 g/mol. The van der Waals surface area contributed by atoms with Crippen molar-refractivity contribution in [3.8, 4) is 11.8 Å². The van der Waals surface area contributed by atoms with E-state index in [2.05, 4.69) is 20.7 Å². The zero-order chi connectivity index (χ0) is 19.3. The van der Waals surface area contributed by atoms with Gasteiger partial charge in [-0.25, -0.2) is 18.1 Å². The highest BCUT2D eigenvalue weighted by Gasteiger charge is 2.23. The summed E-state index contributed by atoms with van der Waals surface area (Å²) in [6, 6.07) is 12.0.